The summed E-state index contributed by atoms with van der Waals surface area (Å²) in [6, 6.07) is 6.19. The Bertz CT molecular complexity index is 1070. The van der Waals surface area contributed by atoms with Crippen molar-refractivity contribution in [3.05, 3.63) is 41.2 Å². The highest BCUT2D eigenvalue weighted by atomic mass is 35.5. The van der Waals surface area contributed by atoms with Crippen molar-refractivity contribution in [2.75, 3.05) is 49.3 Å². The first-order valence-electron chi connectivity index (χ1n) is 11.9. The van der Waals surface area contributed by atoms with Crippen molar-refractivity contribution in [1.82, 2.24) is 14.3 Å². The SMILES string of the molecule is CCc1cnc(N2CCC(Oc3ccc(N(C)C4CCN(S(C)(=O)=O)CC4)cc3Cl)CC2)nc1. The number of ether oxygens (including phenoxy) is 1. The van der Waals surface area contributed by atoms with E-state index in [2.05, 4.69) is 26.7 Å². The van der Waals surface area contributed by atoms with Gasteiger partial charge in [0.1, 0.15) is 11.9 Å². The summed E-state index contributed by atoms with van der Waals surface area (Å²) < 4.78 is 31.3. The average molecular weight is 508 g/mol. The van der Waals surface area contributed by atoms with Gasteiger partial charge in [-0.3, -0.25) is 0 Å². The lowest BCUT2D eigenvalue weighted by molar-refractivity contribution is 0.170. The van der Waals surface area contributed by atoms with Gasteiger partial charge in [-0.1, -0.05) is 18.5 Å². The Morgan fingerprint density at radius 1 is 1.09 bits per heavy atom. The number of hydrogen-bond acceptors (Lipinski definition) is 7. The van der Waals surface area contributed by atoms with Crippen LogP contribution in [0.4, 0.5) is 11.6 Å². The first-order valence-corrected chi connectivity index (χ1v) is 14.2. The molecule has 0 amide bonds. The van der Waals surface area contributed by atoms with E-state index in [1.54, 1.807) is 4.31 Å². The summed E-state index contributed by atoms with van der Waals surface area (Å²) in [6.45, 7) is 4.90. The van der Waals surface area contributed by atoms with E-state index in [-0.39, 0.29) is 12.1 Å². The summed E-state index contributed by atoms with van der Waals surface area (Å²) in [5, 5.41) is 0.596. The largest absolute Gasteiger partial charge is 0.489 e. The molecular weight excluding hydrogens is 474 g/mol. The lowest BCUT2D eigenvalue weighted by Crippen LogP contribution is -2.45. The van der Waals surface area contributed by atoms with Crippen molar-refractivity contribution in [3.63, 3.8) is 0 Å². The molecular formula is C24H34ClN5O3S. The number of rotatable bonds is 7. The first kappa shape index (κ1) is 25.0. The van der Waals surface area contributed by atoms with Crippen LogP contribution < -0.4 is 14.5 Å². The minimum atomic E-state index is -3.12. The van der Waals surface area contributed by atoms with Crippen LogP contribution in [0.3, 0.4) is 0 Å². The topological polar surface area (TPSA) is 78.9 Å². The van der Waals surface area contributed by atoms with Gasteiger partial charge >= 0.3 is 0 Å². The van der Waals surface area contributed by atoms with Gasteiger partial charge in [-0.15, -0.1) is 0 Å². The lowest BCUT2D eigenvalue weighted by atomic mass is 10.0. The molecule has 2 fully saturated rings. The Morgan fingerprint density at radius 2 is 1.74 bits per heavy atom. The molecule has 2 aliphatic heterocycles. The summed E-state index contributed by atoms with van der Waals surface area (Å²) in [5.74, 6) is 1.48. The maximum atomic E-state index is 11.8. The van der Waals surface area contributed by atoms with Crippen LogP contribution in [0, 0.1) is 0 Å². The van der Waals surface area contributed by atoms with Crippen molar-refractivity contribution in [1.29, 1.82) is 0 Å². The average Bonchev–Trinajstić information content (AvgIpc) is 2.85. The summed E-state index contributed by atoms with van der Waals surface area (Å²) in [7, 11) is -1.08. The zero-order valence-corrected chi connectivity index (χ0v) is 21.7. The Kier molecular flexibility index (Phi) is 7.84. The first-order chi connectivity index (χ1) is 16.2. The van der Waals surface area contributed by atoms with Crippen molar-refractivity contribution in [2.45, 2.75) is 51.2 Å². The fraction of sp³-hybridized carbons (Fsp3) is 0.583. The predicted octanol–water partition coefficient (Wildman–Crippen LogP) is 3.60. The van der Waals surface area contributed by atoms with Crippen molar-refractivity contribution in [2.24, 2.45) is 0 Å². The predicted molar refractivity (Wildman–Crippen MR) is 137 cm³/mol. The van der Waals surface area contributed by atoms with Crippen LogP contribution >= 0.6 is 11.6 Å². The highest BCUT2D eigenvalue weighted by Gasteiger charge is 2.28. The van der Waals surface area contributed by atoms with E-state index in [1.165, 1.54) is 6.26 Å². The fourth-order valence-corrected chi connectivity index (χ4v) is 5.72. The molecule has 0 bridgehead atoms. The monoisotopic (exact) mass is 507 g/mol. The lowest BCUT2D eigenvalue weighted by Gasteiger charge is -2.37. The molecule has 0 aliphatic carbocycles. The fourth-order valence-electron chi connectivity index (χ4n) is 4.62. The van der Waals surface area contributed by atoms with E-state index in [4.69, 9.17) is 16.3 Å². The normalized spacial score (nSPS) is 18.8. The molecule has 0 atom stereocenters. The second-order valence-electron chi connectivity index (χ2n) is 9.17. The third-order valence-electron chi connectivity index (χ3n) is 6.88. The third-order valence-corrected chi connectivity index (χ3v) is 8.48. The van der Waals surface area contributed by atoms with Crippen LogP contribution in [0.2, 0.25) is 5.02 Å². The van der Waals surface area contributed by atoms with Crippen LogP contribution in [0.25, 0.3) is 0 Å². The summed E-state index contributed by atoms with van der Waals surface area (Å²) in [4.78, 5) is 13.4. The molecule has 0 unspecified atom stereocenters. The van der Waals surface area contributed by atoms with Crippen LogP contribution in [0.15, 0.2) is 30.6 Å². The molecule has 34 heavy (non-hydrogen) atoms. The highest BCUT2D eigenvalue weighted by Crippen LogP contribution is 2.33. The molecule has 1 aromatic heterocycles. The second-order valence-corrected chi connectivity index (χ2v) is 11.6. The Balaban J connectivity index is 1.30. The maximum Gasteiger partial charge on any atom is 0.225 e. The van der Waals surface area contributed by atoms with Crippen molar-refractivity contribution in [3.8, 4) is 5.75 Å². The molecule has 0 spiro atoms. The van der Waals surface area contributed by atoms with E-state index >= 15 is 0 Å². The molecule has 0 N–H and O–H groups in total. The number of benzene rings is 1. The number of halogens is 1. The third kappa shape index (κ3) is 5.93. The quantitative estimate of drug-likeness (QED) is 0.566. The van der Waals surface area contributed by atoms with Gasteiger partial charge in [0.2, 0.25) is 16.0 Å². The second kappa shape index (κ2) is 10.7. The van der Waals surface area contributed by atoms with Crippen LogP contribution in [0.5, 0.6) is 5.75 Å². The maximum absolute atomic E-state index is 11.8. The molecule has 186 valence electrons. The highest BCUT2D eigenvalue weighted by molar-refractivity contribution is 7.88. The standard InChI is InChI=1S/C24H34ClN5O3S/c1-4-18-16-26-24(27-17-18)29-11-9-21(10-12-29)33-23-6-5-20(15-22(23)25)28(2)19-7-13-30(14-8-19)34(3,31)32/h5-6,15-17,19,21H,4,7-14H2,1-3H3. The number of hydrogen-bond donors (Lipinski definition) is 0. The van der Waals surface area contributed by atoms with E-state index in [0.717, 1.165) is 62.4 Å². The molecule has 2 aromatic rings. The molecule has 2 saturated heterocycles. The van der Waals surface area contributed by atoms with Gasteiger partial charge < -0.3 is 14.5 Å². The Hall–Kier alpha value is -2.10. The van der Waals surface area contributed by atoms with Gasteiger partial charge in [-0.05, 0) is 43.0 Å². The number of nitrogens with zero attached hydrogens (tertiary/aromatic N) is 5. The van der Waals surface area contributed by atoms with Crippen LogP contribution in [-0.4, -0.2) is 74.3 Å². The molecule has 3 heterocycles. The molecule has 10 heteroatoms. The van der Waals surface area contributed by atoms with Gasteiger partial charge in [0.25, 0.3) is 0 Å². The van der Waals surface area contributed by atoms with Gasteiger partial charge in [-0.25, -0.2) is 22.7 Å². The summed E-state index contributed by atoms with van der Waals surface area (Å²) in [6.07, 6.45) is 9.48. The van der Waals surface area contributed by atoms with E-state index in [1.807, 2.05) is 37.6 Å². The Morgan fingerprint density at radius 3 is 2.29 bits per heavy atom. The molecule has 2 aliphatic rings. The van der Waals surface area contributed by atoms with E-state index < -0.39 is 10.0 Å². The number of piperidine rings is 2. The van der Waals surface area contributed by atoms with E-state index in [9.17, 15) is 8.42 Å². The minimum Gasteiger partial charge on any atom is -0.489 e. The number of aromatic nitrogens is 2. The Labute approximate surface area is 207 Å². The van der Waals surface area contributed by atoms with E-state index in [0.29, 0.717) is 23.9 Å². The van der Waals surface area contributed by atoms with Crippen molar-refractivity contribution < 1.29 is 13.2 Å². The van der Waals surface area contributed by atoms with Gasteiger partial charge in [0.05, 0.1) is 11.3 Å². The summed E-state index contributed by atoms with van der Waals surface area (Å²) in [5.41, 5.74) is 2.16. The zero-order valence-electron chi connectivity index (χ0n) is 20.2. The molecule has 0 saturated carbocycles. The zero-order chi connectivity index (χ0) is 24.3. The van der Waals surface area contributed by atoms with Gasteiger partial charge in [0, 0.05) is 70.2 Å². The molecule has 8 nitrogen and oxygen atoms in total. The number of aryl methyl sites for hydroxylation is 1. The smallest absolute Gasteiger partial charge is 0.225 e. The number of sulfonamides is 1. The molecule has 4 rings (SSSR count). The van der Waals surface area contributed by atoms with Crippen LogP contribution in [-0.2, 0) is 16.4 Å². The van der Waals surface area contributed by atoms with Gasteiger partial charge in [0.15, 0.2) is 0 Å². The van der Waals surface area contributed by atoms with Crippen LogP contribution in [0.1, 0.15) is 38.2 Å². The minimum absolute atomic E-state index is 0.104. The molecule has 1 aromatic carbocycles. The number of anilines is 2. The molecule has 0 radical (unpaired) electrons. The van der Waals surface area contributed by atoms with Crippen molar-refractivity contribution >= 4 is 33.3 Å². The summed E-state index contributed by atoms with van der Waals surface area (Å²) >= 11 is 6.60. The van der Waals surface area contributed by atoms with Gasteiger partial charge in [-0.2, -0.15) is 0 Å².